The molecule has 1 saturated heterocycles. The molecule has 2 amide bonds. The van der Waals surface area contributed by atoms with Crippen molar-refractivity contribution in [2.24, 2.45) is 11.8 Å². The second-order valence-electron chi connectivity index (χ2n) is 5.05. The molecule has 2 aliphatic rings. The van der Waals surface area contributed by atoms with Crippen molar-refractivity contribution in [2.75, 3.05) is 4.90 Å². The second-order valence-corrected chi connectivity index (χ2v) is 5.05. The molecular weight excluding hydrogens is 226 g/mol. The third-order valence-electron chi connectivity index (χ3n) is 3.84. The van der Waals surface area contributed by atoms with E-state index in [-0.39, 0.29) is 23.7 Å². The van der Waals surface area contributed by atoms with Crippen LogP contribution in [0.15, 0.2) is 42.0 Å². The van der Waals surface area contributed by atoms with E-state index in [9.17, 15) is 9.59 Å². The van der Waals surface area contributed by atoms with Crippen molar-refractivity contribution in [2.45, 2.75) is 19.8 Å². The minimum absolute atomic E-state index is 0.0383. The van der Waals surface area contributed by atoms with E-state index in [4.69, 9.17) is 0 Å². The van der Waals surface area contributed by atoms with Crippen molar-refractivity contribution < 1.29 is 9.59 Å². The molecule has 18 heavy (non-hydrogen) atoms. The standard InChI is InChI=1S/C15H15NO2/c1-10-7-8-12-13(9-10)15(18)16(14(12)17)11-5-3-2-4-6-11/h2-7,12-13H,8-9H2,1H3/t12-,13-/m1/s1. The smallest absolute Gasteiger partial charge is 0.238 e. The normalized spacial score (nSPS) is 27.2. The number of benzene rings is 1. The summed E-state index contributed by atoms with van der Waals surface area (Å²) in [6, 6.07) is 9.21. The third-order valence-corrected chi connectivity index (χ3v) is 3.84. The molecule has 1 aliphatic heterocycles. The number of allylic oxidation sites excluding steroid dienone is 2. The predicted octanol–water partition coefficient (Wildman–Crippen LogP) is 2.53. The molecule has 0 N–H and O–H groups in total. The average molecular weight is 241 g/mol. The van der Waals surface area contributed by atoms with E-state index >= 15 is 0 Å². The van der Waals surface area contributed by atoms with Crippen LogP contribution in [0.1, 0.15) is 19.8 Å². The molecule has 92 valence electrons. The van der Waals surface area contributed by atoms with Crippen LogP contribution in [0.2, 0.25) is 0 Å². The van der Waals surface area contributed by atoms with Gasteiger partial charge in [0.25, 0.3) is 0 Å². The number of carbonyl (C=O) groups is 2. The highest BCUT2D eigenvalue weighted by atomic mass is 16.2. The number of hydrogen-bond donors (Lipinski definition) is 0. The molecule has 1 fully saturated rings. The summed E-state index contributed by atoms with van der Waals surface area (Å²) in [6.07, 6.45) is 3.50. The minimum atomic E-state index is -0.151. The van der Waals surface area contributed by atoms with Gasteiger partial charge in [-0.1, -0.05) is 29.8 Å². The van der Waals surface area contributed by atoms with E-state index in [0.29, 0.717) is 12.1 Å². The summed E-state index contributed by atoms with van der Waals surface area (Å²) >= 11 is 0. The molecule has 3 heteroatoms. The van der Waals surface area contributed by atoms with E-state index < -0.39 is 0 Å². The number of para-hydroxylation sites is 1. The number of carbonyl (C=O) groups excluding carboxylic acids is 2. The molecule has 0 spiro atoms. The van der Waals surface area contributed by atoms with E-state index in [1.165, 1.54) is 10.5 Å². The highest BCUT2D eigenvalue weighted by molar-refractivity contribution is 6.22. The molecular formula is C15H15NO2. The van der Waals surface area contributed by atoms with Gasteiger partial charge in [0, 0.05) is 0 Å². The van der Waals surface area contributed by atoms with E-state index in [0.717, 1.165) is 6.42 Å². The maximum atomic E-state index is 12.4. The van der Waals surface area contributed by atoms with E-state index in [2.05, 4.69) is 6.08 Å². The van der Waals surface area contributed by atoms with Gasteiger partial charge in [-0.15, -0.1) is 0 Å². The summed E-state index contributed by atoms with van der Waals surface area (Å²) in [5.41, 5.74) is 1.91. The van der Waals surface area contributed by atoms with Gasteiger partial charge in [0.05, 0.1) is 17.5 Å². The zero-order valence-corrected chi connectivity index (χ0v) is 10.3. The lowest BCUT2D eigenvalue weighted by Gasteiger charge is -2.18. The minimum Gasteiger partial charge on any atom is -0.274 e. The number of nitrogens with zero attached hydrogens (tertiary/aromatic N) is 1. The highest BCUT2D eigenvalue weighted by Crippen LogP contribution is 2.39. The SMILES string of the molecule is CC1=CC[C@H]2C(=O)N(c3ccccc3)C(=O)[C@@H]2C1. The predicted molar refractivity (Wildman–Crippen MR) is 68.9 cm³/mol. The fourth-order valence-electron chi connectivity index (χ4n) is 2.87. The molecule has 3 rings (SSSR count). The Balaban J connectivity index is 1.96. The highest BCUT2D eigenvalue weighted by Gasteiger charge is 2.48. The monoisotopic (exact) mass is 241 g/mol. The second kappa shape index (κ2) is 4.09. The van der Waals surface area contributed by atoms with Crippen molar-refractivity contribution in [1.29, 1.82) is 0 Å². The number of rotatable bonds is 1. The van der Waals surface area contributed by atoms with Crippen LogP contribution in [0.25, 0.3) is 0 Å². The van der Waals surface area contributed by atoms with Crippen molar-refractivity contribution in [3.8, 4) is 0 Å². The summed E-state index contributed by atoms with van der Waals surface area (Å²) in [4.78, 5) is 26.1. The number of fused-ring (bicyclic) bond motifs is 1. The van der Waals surface area contributed by atoms with Gasteiger partial charge in [-0.05, 0) is 31.9 Å². The number of amides is 2. The lowest BCUT2D eigenvalue weighted by molar-refractivity contribution is -0.122. The van der Waals surface area contributed by atoms with Crippen LogP contribution in [-0.2, 0) is 9.59 Å². The molecule has 1 aromatic carbocycles. The Morgan fingerprint density at radius 3 is 2.44 bits per heavy atom. The first-order chi connectivity index (χ1) is 8.68. The van der Waals surface area contributed by atoms with Crippen LogP contribution in [0, 0.1) is 11.8 Å². The summed E-state index contributed by atoms with van der Waals surface area (Å²) in [5, 5.41) is 0. The third kappa shape index (κ3) is 1.58. The molecule has 0 aromatic heterocycles. The lowest BCUT2D eigenvalue weighted by atomic mass is 9.82. The lowest BCUT2D eigenvalue weighted by Crippen LogP contribution is -2.30. The van der Waals surface area contributed by atoms with Crippen molar-refractivity contribution in [1.82, 2.24) is 0 Å². The van der Waals surface area contributed by atoms with Gasteiger partial charge in [-0.25, -0.2) is 0 Å². The molecule has 1 aromatic rings. The van der Waals surface area contributed by atoms with E-state index in [1.807, 2.05) is 37.3 Å². The van der Waals surface area contributed by atoms with Crippen LogP contribution >= 0.6 is 0 Å². The first-order valence-corrected chi connectivity index (χ1v) is 6.27. The van der Waals surface area contributed by atoms with Gasteiger partial charge < -0.3 is 0 Å². The summed E-state index contributed by atoms with van der Waals surface area (Å²) < 4.78 is 0. The summed E-state index contributed by atoms with van der Waals surface area (Å²) in [5.74, 6) is -0.382. The Kier molecular flexibility index (Phi) is 2.54. The molecule has 2 atom stereocenters. The maximum absolute atomic E-state index is 12.4. The Labute approximate surface area is 106 Å². The molecule has 0 radical (unpaired) electrons. The van der Waals surface area contributed by atoms with Crippen molar-refractivity contribution in [3.05, 3.63) is 42.0 Å². The fraction of sp³-hybridized carbons (Fsp3) is 0.333. The van der Waals surface area contributed by atoms with Crippen LogP contribution in [0.5, 0.6) is 0 Å². The molecule has 0 bridgehead atoms. The first-order valence-electron chi connectivity index (χ1n) is 6.27. The molecule has 0 saturated carbocycles. The largest absolute Gasteiger partial charge is 0.274 e. The van der Waals surface area contributed by atoms with Gasteiger partial charge in [0.1, 0.15) is 0 Å². The fourth-order valence-corrected chi connectivity index (χ4v) is 2.87. The van der Waals surface area contributed by atoms with Gasteiger partial charge >= 0.3 is 0 Å². The molecule has 1 heterocycles. The van der Waals surface area contributed by atoms with Crippen molar-refractivity contribution in [3.63, 3.8) is 0 Å². The van der Waals surface area contributed by atoms with Crippen LogP contribution < -0.4 is 4.90 Å². The van der Waals surface area contributed by atoms with Crippen LogP contribution in [0.4, 0.5) is 5.69 Å². The molecule has 3 nitrogen and oxygen atoms in total. The Hall–Kier alpha value is -1.90. The van der Waals surface area contributed by atoms with Gasteiger partial charge in [-0.2, -0.15) is 0 Å². The quantitative estimate of drug-likeness (QED) is 0.559. The summed E-state index contributed by atoms with van der Waals surface area (Å²) in [6.45, 7) is 2.03. The van der Waals surface area contributed by atoms with Gasteiger partial charge in [0.2, 0.25) is 11.8 Å². The van der Waals surface area contributed by atoms with Gasteiger partial charge in [-0.3, -0.25) is 14.5 Å². The Morgan fingerprint density at radius 1 is 1.06 bits per heavy atom. The van der Waals surface area contributed by atoms with Gasteiger partial charge in [0.15, 0.2) is 0 Å². The zero-order valence-electron chi connectivity index (χ0n) is 10.3. The number of hydrogen-bond acceptors (Lipinski definition) is 2. The maximum Gasteiger partial charge on any atom is 0.238 e. The first kappa shape index (κ1) is 11.2. The average Bonchev–Trinajstić information content (AvgIpc) is 2.63. The topological polar surface area (TPSA) is 37.4 Å². The Morgan fingerprint density at radius 2 is 1.72 bits per heavy atom. The molecule has 1 aliphatic carbocycles. The molecule has 0 unspecified atom stereocenters. The van der Waals surface area contributed by atoms with E-state index in [1.54, 1.807) is 0 Å². The van der Waals surface area contributed by atoms with Crippen LogP contribution in [0.3, 0.4) is 0 Å². The summed E-state index contributed by atoms with van der Waals surface area (Å²) in [7, 11) is 0. The van der Waals surface area contributed by atoms with Crippen LogP contribution in [-0.4, -0.2) is 11.8 Å². The van der Waals surface area contributed by atoms with Crippen molar-refractivity contribution >= 4 is 17.5 Å². The number of anilines is 1. The number of imide groups is 1. The Bertz CT molecular complexity index is 533. The zero-order chi connectivity index (χ0) is 12.7.